The highest BCUT2D eigenvalue weighted by molar-refractivity contribution is 9.10. The lowest BCUT2D eigenvalue weighted by Crippen LogP contribution is -2.29. The summed E-state index contributed by atoms with van der Waals surface area (Å²) >= 11 is 9.46. The summed E-state index contributed by atoms with van der Waals surface area (Å²) in [4.78, 5) is 0. The number of nitrogens with two attached hydrogens (primary N) is 1. The zero-order valence-electron chi connectivity index (χ0n) is 11.4. The zero-order chi connectivity index (χ0) is 14.7. The normalized spacial score (nSPS) is 13.8. The molecule has 2 aromatic carbocycles. The first-order valence-corrected chi connectivity index (χ1v) is 7.58. The minimum atomic E-state index is -0.191. The number of hydrogen-bond donors (Lipinski definition) is 1. The highest BCUT2D eigenvalue weighted by Gasteiger charge is 2.18. The molecule has 2 unspecified atom stereocenters. The lowest BCUT2D eigenvalue weighted by Gasteiger charge is -2.23. The Bertz CT molecular complexity index is 584. The third-order valence-corrected chi connectivity index (χ3v) is 4.02. The molecule has 0 radical (unpaired) electrons. The largest absolute Gasteiger partial charge is 0.484 e. The van der Waals surface area contributed by atoms with Crippen molar-refractivity contribution in [2.75, 3.05) is 0 Å². The average Bonchev–Trinajstić information content (AvgIpc) is 2.41. The van der Waals surface area contributed by atoms with Gasteiger partial charge in [-0.05, 0) is 55.3 Å². The topological polar surface area (TPSA) is 35.2 Å². The molecular formula is C16H17BrClNO. The maximum atomic E-state index is 6.06. The number of rotatable bonds is 4. The van der Waals surface area contributed by atoms with Crippen LogP contribution in [0.15, 0.2) is 46.9 Å². The van der Waals surface area contributed by atoms with Crippen LogP contribution in [-0.4, -0.2) is 6.04 Å². The first-order chi connectivity index (χ1) is 9.47. The number of ether oxygens (including phenoxy) is 1. The van der Waals surface area contributed by atoms with Gasteiger partial charge in [0.2, 0.25) is 0 Å². The van der Waals surface area contributed by atoms with E-state index in [4.69, 9.17) is 22.1 Å². The van der Waals surface area contributed by atoms with Gasteiger partial charge in [0, 0.05) is 15.5 Å². The lowest BCUT2D eigenvalue weighted by atomic mass is 10.0. The van der Waals surface area contributed by atoms with Gasteiger partial charge in [0.05, 0.1) is 0 Å². The van der Waals surface area contributed by atoms with Crippen molar-refractivity contribution in [3.05, 3.63) is 63.1 Å². The van der Waals surface area contributed by atoms with E-state index in [9.17, 15) is 0 Å². The summed E-state index contributed by atoms with van der Waals surface area (Å²) in [5.41, 5.74) is 8.10. The Morgan fingerprint density at radius 2 is 1.80 bits per heavy atom. The van der Waals surface area contributed by atoms with Gasteiger partial charge in [0.25, 0.3) is 0 Å². The SMILES string of the molecule is Cc1cc(OC(c2ccc(Br)cc2)C(C)N)ccc1Cl. The monoisotopic (exact) mass is 353 g/mol. The Labute approximate surface area is 133 Å². The van der Waals surface area contributed by atoms with Crippen molar-refractivity contribution in [1.29, 1.82) is 0 Å². The second-order valence-corrected chi connectivity index (χ2v) is 6.18. The summed E-state index contributed by atoms with van der Waals surface area (Å²) in [5.74, 6) is 0.775. The molecule has 0 bridgehead atoms. The molecule has 2 aromatic rings. The molecule has 0 saturated carbocycles. The summed E-state index contributed by atoms with van der Waals surface area (Å²) in [6, 6.07) is 13.5. The van der Waals surface area contributed by atoms with Gasteiger partial charge in [-0.2, -0.15) is 0 Å². The maximum absolute atomic E-state index is 6.06. The Hall–Kier alpha value is -1.03. The van der Waals surface area contributed by atoms with E-state index in [1.54, 1.807) is 0 Å². The number of halogens is 2. The second kappa shape index (κ2) is 6.61. The molecule has 2 N–H and O–H groups in total. The van der Waals surface area contributed by atoms with E-state index in [1.807, 2.05) is 56.3 Å². The molecule has 0 heterocycles. The summed E-state index contributed by atoms with van der Waals surface area (Å²) < 4.78 is 7.07. The van der Waals surface area contributed by atoms with Crippen LogP contribution in [0.5, 0.6) is 5.75 Å². The van der Waals surface area contributed by atoms with Gasteiger partial charge < -0.3 is 10.5 Å². The summed E-state index contributed by atoms with van der Waals surface area (Å²) in [6.45, 7) is 3.89. The van der Waals surface area contributed by atoms with E-state index >= 15 is 0 Å². The molecule has 0 fully saturated rings. The van der Waals surface area contributed by atoms with Gasteiger partial charge in [-0.15, -0.1) is 0 Å². The van der Waals surface area contributed by atoms with Crippen LogP contribution in [0.2, 0.25) is 5.02 Å². The molecule has 0 aromatic heterocycles. The fraction of sp³-hybridized carbons (Fsp3) is 0.250. The second-order valence-electron chi connectivity index (χ2n) is 4.86. The van der Waals surface area contributed by atoms with Gasteiger partial charge in [-0.3, -0.25) is 0 Å². The van der Waals surface area contributed by atoms with Crippen molar-refractivity contribution in [2.24, 2.45) is 5.73 Å². The average molecular weight is 355 g/mol. The van der Waals surface area contributed by atoms with Crippen molar-refractivity contribution in [2.45, 2.75) is 26.0 Å². The quantitative estimate of drug-likeness (QED) is 0.849. The number of hydrogen-bond acceptors (Lipinski definition) is 2. The zero-order valence-corrected chi connectivity index (χ0v) is 13.8. The minimum Gasteiger partial charge on any atom is -0.484 e. The lowest BCUT2D eigenvalue weighted by molar-refractivity contribution is 0.180. The van der Waals surface area contributed by atoms with Crippen LogP contribution in [0.1, 0.15) is 24.2 Å². The van der Waals surface area contributed by atoms with Crippen LogP contribution in [0.25, 0.3) is 0 Å². The van der Waals surface area contributed by atoms with E-state index < -0.39 is 0 Å². The van der Waals surface area contributed by atoms with E-state index in [0.717, 1.165) is 26.4 Å². The summed E-state index contributed by atoms with van der Waals surface area (Å²) in [6.07, 6.45) is -0.191. The summed E-state index contributed by atoms with van der Waals surface area (Å²) in [7, 11) is 0. The first-order valence-electron chi connectivity index (χ1n) is 6.41. The van der Waals surface area contributed by atoms with Gasteiger partial charge in [-0.25, -0.2) is 0 Å². The van der Waals surface area contributed by atoms with E-state index in [1.165, 1.54) is 0 Å². The molecular weight excluding hydrogens is 338 g/mol. The third-order valence-electron chi connectivity index (χ3n) is 3.07. The molecule has 4 heteroatoms. The van der Waals surface area contributed by atoms with Gasteiger partial charge in [-0.1, -0.05) is 39.7 Å². The fourth-order valence-corrected chi connectivity index (χ4v) is 2.35. The van der Waals surface area contributed by atoms with Crippen LogP contribution in [-0.2, 0) is 0 Å². The maximum Gasteiger partial charge on any atom is 0.138 e. The molecule has 0 amide bonds. The highest BCUT2D eigenvalue weighted by atomic mass is 79.9. The first kappa shape index (κ1) is 15.4. The smallest absolute Gasteiger partial charge is 0.138 e. The predicted octanol–water partition coefficient (Wildman–Crippen LogP) is 4.88. The highest BCUT2D eigenvalue weighted by Crippen LogP contribution is 2.28. The van der Waals surface area contributed by atoms with Gasteiger partial charge in [0.1, 0.15) is 11.9 Å². The van der Waals surface area contributed by atoms with Crippen molar-refractivity contribution in [1.82, 2.24) is 0 Å². The molecule has 2 nitrogen and oxygen atoms in total. The molecule has 0 aliphatic carbocycles. The van der Waals surface area contributed by atoms with Crippen molar-refractivity contribution < 1.29 is 4.74 Å². The van der Waals surface area contributed by atoms with Crippen molar-refractivity contribution in [3.8, 4) is 5.75 Å². The van der Waals surface area contributed by atoms with Crippen LogP contribution in [0.3, 0.4) is 0 Å². The third kappa shape index (κ3) is 3.75. The van der Waals surface area contributed by atoms with Crippen molar-refractivity contribution >= 4 is 27.5 Å². The Balaban J connectivity index is 2.25. The minimum absolute atomic E-state index is 0.118. The van der Waals surface area contributed by atoms with Crippen molar-refractivity contribution in [3.63, 3.8) is 0 Å². The summed E-state index contributed by atoms with van der Waals surface area (Å²) in [5, 5.41) is 0.735. The van der Waals surface area contributed by atoms with E-state index in [2.05, 4.69) is 15.9 Å². The standard InChI is InChI=1S/C16H17BrClNO/c1-10-9-14(7-8-15(10)18)20-16(11(2)19)12-3-5-13(17)6-4-12/h3-9,11,16H,19H2,1-2H3. The van der Waals surface area contributed by atoms with Crippen LogP contribution in [0.4, 0.5) is 0 Å². The van der Waals surface area contributed by atoms with Crippen LogP contribution >= 0.6 is 27.5 Å². The molecule has 0 spiro atoms. The van der Waals surface area contributed by atoms with Gasteiger partial charge in [0.15, 0.2) is 0 Å². The Morgan fingerprint density at radius 1 is 1.15 bits per heavy atom. The Kier molecular flexibility index (Phi) is 5.08. The Morgan fingerprint density at radius 3 is 2.35 bits per heavy atom. The van der Waals surface area contributed by atoms with Crippen LogP contribution in [0, 0.1) is 6.92 Å². The van der Waals surface area contributed by atoms with Gasteiger partial charge >= 0.3 is 0 Å². The molecule has 2 atom stereocenters. The molecule has 0 aliphatic rings. The molecule has 0 saturated heterocycles. The van der Waals surface area contributed by atoms with E-state index in [0.29, 0.717) is 0 Å². The molecule has 2 rings (SSSR count). The molecule has 20 heavy (non-hydrogen) atoms. The van der Waals surface area contributed by atoms with E-state index in [-0.39, 0.29) is 12.1 Å². The molecule has 106 valence electrons. The number of benzene rings is 2. The molecule has 0 aliphatic heterocycles. The van der Waals surface area contributed by atoms with Crippen LogP contribution < -0.4 is 10.5 Å². The predicted molar refractivity (Wildman–Crippen MR) is 87.3 cm³/mol. The fourth-order valence-electron chi connectivity index (χ4n) is 1.97. The number of aryl methyl sites for hydroxylation is 1.